The largest absolute Gasteiger partial charge is 0.382 e. The van der Waals surface area contributed by atoms with Crippen LogP contribution in [0.15, 0.2) is 36.8 Å². The maximum Gasteiger partial charge on any atom is 0.177 e. The molecule has 0 spiro atoms. The van der Waals surface area contributed by atoms with Crippen LogP contribution in [-0.2, 0) is 21.6 Å². The van der Waals surface area contributed by atoms with Crippen molar-refractivity contribution in [2.45, 2.75) is 57.1 Å². The zero-order valence-corrected chi connectivity index (χ0v) is 21.8. The van der Waals surface area contributed by atoms with Gasteiger partial charge in [-0.2, -0.15) is 0 Å². The Kier molecular flexibility index (Phi) is 5.45. The van der Waals surface area contributed by atoms with Crippen LogP contribution in [-0.4, -0.2) is 31.4 Å². The fraction of sp³-hybridized carbons (Fsp3) is 0.370. The van der Waals surface area contributed by atoms with E-state index in [1.807, 2.05) is 36.7 Å². The van der Waals surface area contributed by atoms with E-state index < -0.39 is 28.8 Å². The lowest BCUT2D eigenvalue weighted by molar-refractivity contribution is -0.188. The summed E-state index contributed by atoms with van der Waals surface area (Å²) in [5, 5.41) is 1.63. The number of hydrogen-bond donors (Lipinski definition) is 1. The van der Waals surface area contributed by atoms with E-state index in [0.29, 0.717) is 47.4 Å². The molecule has 190 valence electrons. The molecule has 2 N–H and O–H groups in total. The van der Waals surface area contributed by atoms with Crippen LogP contribution in [0.4, 0.5) is 10.2 Å². The van der Waals surface area contributed by atoms with E-state index in [9.17, 15) is 4.39 Å². The molecule has 3 aromatic heterocycles. The Morgan fingerprint density at radius 1 is 1.22 bits per heavy atom. The lowest BCUT2D eigenvalue weighted by Crippen LogP contribution is -2.44. The molecule has 2 aliphatic rings. The van der Waals surface area contributed by atoms with Crippen molar-refractivity contribution < 1.29 is 13.9 Å². The number of nitrogens with two attached hydrogens (primary N) is 1. The van der Waals surface area contributed by atoms with Crippen molar-refractivity contribution in [1.82, 2.24) is 19.5 Å². The molecule has 0 radical (unpaired) electrons. The van der Waals surface area contributed by atoms with Crippen LogP contribution < -0.4 is 5.73 Å². The minimum Gasteiger partial charge on any atom is -0.382 e. The highest BCUT2D eigenvalue weighted by Crippen LogP contribution is 2.59. The summed E-state index contributed by atoms with van der Waals surface area (Å²) < 4.78 is 30.0. The molecule has 1 saturated carbocycles. The van der Waals surface area contributed by atoms with Crippen molar-refractivity contribution in [3.8, 4) is 12.3 Å². The van der Waals surface area contributed by atoms with E-state index in [4.69, 9.17) is 44.8 Å². The number of nitrogen functional groups attached to an aromatic ring is 1. The summed E-state index contributed by atoms with van der Waals surface area (Å²) >= 11 is 12.4. The molecule has 4 aromatic rings. The van der Waals surface area contributed by atoms with E-state index >= 15 is 0 Å². The van der Waals surface area contributed by atoms with Crippen molar-refractivity contribution >= 4 is 51.0 Å². The van der Waals surface area contributed by atoms with Crippen molar-refractivity contribution in [3.63, 3.8) is 0 Å². The zero-order valence-electron chi connectivity index (χ0n) is 20.3. The van der Waals surface area contributed by atoms with E-state index in [2.05, 4.69) is 20.9 Å². The van der Waals surface area contributed by atoms with Gasteiger partial charge in [-0.3, -0.25) is 0 Å². The van der Waals surface area contributed by atoms with Gasteiger partial charge < -0.3 is 19.8 Å². The summed E-state index contributed by atoms with van der Waals surface area (Å²) in [6.07, 6.45) is 11.4. The minimum atomic E-state index is -0.879. The number of aromatic nitrogens is 4. The first-order valence-corrected chi connectivity index (χ1v) is 12.7. The van der Waals surface area contributed by atoms with Crippen molar-refractivity contribution in [3.05, 3.63) is 58.3 Å². The number of ether oxygens (including phenoxy) is 2. The third kappa shape index (κ3) is 3.68. The average Bonchev–Trinajstić information content (AvgIpc) is 3.49. The number of aryl methyl sites for hydroxylation is 1. The maximum atomic E-state index is 14.9. The first kappa shape index (κ1) is 24.4. The number of nitrogens with zero attached hydrogens (tertiary/aromatic N) is 4. The van der Waals surface area contributed by atoms with Gasteiger partial charge in [0, 0.05) is 18.0 Å². The third-order valence-corrected chi connectivity index (χ3v) is 8.18. The lowest BCUT2D eigenvalue weighted by atomic mass is 9.78. The Balaban J connectivity index is 1.38. The van der Waals surface area contributed by atoms with E-state index in [0.717, 1.165) is 10.9 Å². The van der Waals surface area contributed by atoms with E-state index in [-0.39, 0.29) is 10.8 Å². The number of rotatable bonds is 4. The van der Waals surface area contributed by atoms with Crippen LogP contribution in [0.1, 0.15) is 38.7 Å². The molecule has 1 aliphatic carbocycles. The standard InChI is InChI=1S/C27H24Cl2FN5O2/c1-4-26(7-5-15-11-19(30)17-13-18(28)22(31)34-20(17)12-15)8-9-27(24(26)36-25(2,3)37-27)35-10-6-16-21(29)32-14-33-23(16)35/h1,6,10-14,24H,5,7-9H2,2-3H3,(H2,31,34)/t24-,26+,27-/m1/s1. The Bertz CT molecular complexity index is 1620. The number of pyridine rings is 1. The molecule has 0 unspecified atom stereocenters. The van der Waals surface area contributed by atoms with Gasteiger partial charge in [0.05, 0.1) is 21.3 Å². The quantitative estimate of drug-likeness (QED) is 0.258. The first-order chi connectivity index (χ1) is 17.6. The fourth-order valence-corrected chi connectivity index (χ4v) is 6.27. The fourth-order valence-electron chi connectivity index (χ4n) is 5.93. The van der Waals surface area contributed by atoms with Gasteiger partial charge in [-0.25, -0.2) is 19.3 Å². The molecule has 1 aromatic carbocycles. The van der Waals surface area contributed by atoms with Crippen LogP contribution in [0.2, 0.25) is 10.2 Å². The highest BCUT2D eigenvalue weighted by Gasteiger charge is 2.66. The summed E-state index contributed by atoms with van der Waals surface area (Å²) in [5.41, 5.74) is 6.17. The molecule has 1 aliphatic heterocycles. The van der Waals surface area contributed by atoms with Crippen molar-refractivity contribution in [2.75, 3.05) is 5.73 Å². The Morgan fingerprint density at radius 2 is 2.03 bits per heavy atom. The molecule has 0 bridgehead atoms. The SMILES string of the molecule is C#C[C@]1(CCc2cc(F)c3cc(Cl)c(N)nc3c2)CC[C@@]2(n3ccc4c(Cl)ncnc43)OC(C)(C)O[C@H]12. The topological polar surface area (TPSA) is 88.1 Å². The molecule has 10 heteroatoms. The maximum absolute atomic E-state index is 14.9. The van der Waals surface area contributed by atoms with Gasteiger partial charge in [0.15, 0.2) is 11.5 Å². The smallest absolute Gasteiger partial charge is 0.177 e. The van der Waals surface area contributed by atoms with Crippen LogP contribution in [0, 0.1) is 23.6 Å². The van der Waals surface area contributed by atoms with E-state index in [1.54, 1.807) is 0 Å². The molecule has 2 fully saturated rings. The summed E-state index contributed by atoms with van der Waals surface area (Å²) in [6.45, 7) is 3.75. The summed E-state index contributed by atoms with van der Waals surface area (Å²) in [5.74, 6) is 1.92. The van der Waals surface area contributed by atoms with Gasteiger partial charge in [0.2, 0.25) is 0 Å². The van der Waals surface area contributed by atoms with Gasteiger partial charge in [-0.15, -0.1) is 6.42 Å². The number of benzene rings is 1. The molecule has 4 heterocycles. The molecule has 0 amide bonds. The molecule has 37 heavy (non-hydrogen) atoms. The van der Waals surface area contributed by atoms with Crippen LogP contribution >= 0.6 is 23.2 Å². The Labute approximate surface area is 223 Å². The molecular weight excluding hydrogens is 516 g/mol. The van der Waals surface area contributed by atoms with Gasteiger partial charge in [-0.1, -0.05) is 29.1 Å². The van der Waals surface area contributed by atoms with Crippen LogP contribution in [0.25, 0.3) is 21.9 Å². The number of hydrogen-bond acceptors (Lipinski definition) is 6. The van der Waals surface area contributed by atoms with Gasteiger partial charge in [0.1, 0.15) is 34.9 Å². The van der Waals surface area contributed by atoms with Crippen LogP contribution in [0.5, 0.6) is 0 Å². The molecule has 7 nitrogen and oxygen atoms in total. The highest BCUT2D eigenvalue weighted by molar-refractivity contribution is 6.34. The molecule has 3 atom stereocenters. The Hall–Kier alpha value is -2.96. The van der Waals surface area contributed by atoms with Gasteiger partial charge in [0.25, 0.3) is 0 Å². The highest BCUT2D eigenvalue weighted by atomic mass is 35.5. The lowest BCUT2D eigenvalue weighted by Gasteiger charge is -2.34. The van der Waals surface area contributed by atoms with Crippen LogP contribution in [0.3, 0.4) is 0 Å². The third-order valence-electron chi connectivity index (χ3n) is 7.58. The average molecular weight is 540 g/mol. The zero-order chi connectivity index (χ0) is 26.2. The number of anilines is 1. The first-order valence-electron chi connectivity index (χ1n) is 12.0. The predicted molar refractivity (Wildman–Crippen MR) is 140 cm³/mol. The van der Waals surface area contributed by atoms with E-state index in [1.165, 1.54) is 18.5 Å². The van der Waals surface area contributed by atoms with Gasteiger partial charge in [-0.05, 0) is 62.9 Å². The molecule has 6 rings (SSSR count). The molecular formula is C27H24Cl2FN5O2. The normalized spacial score (nSPS) is 26.5. The summed E-state index contributed by atoms with van der Waals surface area (Å²) in [7, 11) is 0. The second-order valence-electron chi connectivity index (χ2n) is 10.2. The van der Waals surface area contributed by atoms with Crippen molar-refractivity contribution in [2.24, 2.45) is 5.41 Å². The predicted octanol–water partition coefficient (Wildman–Crippen LogP) is 5.86. The number of fused-ring (bicyclic) bond motifs is 3. The second kappa shape index (κ2) is 8.27. The number of terminal acetylenes is 1. The van der Waals surface area contributed by atoms with Gasteiger partial charge >= 0.3 is 0 Å². The molecule has 1 saturated heterocycles. The summed E-state index contributed by atoms with van der Waals surface area (Å²) in [4.78, 5) is 12.8. The summed E-state index contributed by atoms with van der Waals surface area (Å²) in [6, 6.07) is 6.69. The minimum absolute atomic E-state index is 0.160. The van der Waals surface area contributed by atoms with Crippen molar-refractivity contribution in [1.29, 1.82) is 0 Å². The Morgan fingerprint density at radius 3 is 2.81 bits per heavy atom. The number of halogens is 3. The second-order valence-corrected chi connectivity index (χ2v) is 11.0. The monoisotopic (exact) mass is 539 g/mol.